The van der Waals surface area contributed by atoms with Gasteiger partial charge in [0.25, 0.3) is 0 Å². The monoisotopic (exact) mass is 332 g/mol. The smallest absolute Gasteiger partial charge is 0.198 e. The Hall–Kier alpha value is -1.23. The Balaban J connectivity index is 1.83. The summed E-state index contributed by atoms with van der Waals surface area (Å²) in [5.74, 6) is -0.170. The second-order valence-corrected chi connectivity index (χ2v) is 7.56. The summed E-state index contributed by atoms with van der Waals surface area (Å²) < 4.78 is 12.3. The molecule has 3 rings (SSSR count). The van der Waals surface area contributed by atoms with E-state index in [0.717, 1.165) is 24.8 Å². The lowest BCUT2D eigenvalue weighted by Gasteiger charge is -2.45. The largest absolute Gasteiger partial charge is 0.379 e. The van der Waals surface area contributed by atoms with Crippen molar-refractivity contribution in [2.75, 3.05) is 0 Å². The Morgan fingerprint density at radius 2 is 2.00 bits per heavy atom. The Kier molecular flexibility index (Phi) is 4.58. The minimum Gasteiger partial charge on any atom is -0.379 e. The van der Waals surface area contributed by atoms with Crippen molar-refractivity contribution < 1.29 is 19.4 Å². The number of rotatable bonds is 6. The summed E-state index contributed by atoms with van der Waals surface area (Å²) in [6.45, 7) is 6.17. The molecule has 1 N–H and O–H groups in total. The molecule has 1 aromatic rings. The van der Waals surface area contributed by atoms with Crippen LogP contribution in [0.25, 0.3) is 0 Å². The van der Waals surface area contributed by atoms with E-state index in [2.05, 4.69) is 6.92 Å². The fourth-order valence-corrected chi connectivity index (χ4v) is 4.25. The van der Waals surface area contributed by atoms with E-state index in [-0.39, 0.29) is 11.9 Å². The molecule has 0 amide bonds. The Bertz CT molecular complexity index is 601. The number of aliphatic hydroxyl groups is 1. The number of benzene rings is 1. The van der Waals surface area contributed by atoms with Crippen molar-refractivity contribution in [2.24, 2.45) is 0 Å². The summed E-state index contributed by atoms with van der Waals surface area (Å²) in [6, 6.07) is 9.95. The van der Waals surface area contributed by atoms with Gasteiger partial charge < -0.3 is 14.6 Å². The number of carbonyl (C=O) groups excluding carboxylic acids is 1. The van der Waals surface area contributed by atoms with E-state index in [9.17, 15) is 9.90 Å². The van der Waals surface area contributed by atoms with Gasteiger partial charge in [0, 0.05) is 0 Å². The molecule has 4 atom stereocenters. The first kappa shape index (κ1) is 17.6. The second-order valence-electron chi connectivity index (χ2n) is 7.56. The summed E-state index contributed by atoms with van der Waals surface area (Å²) in [5, 5.41) is 11.3. The molecule has 2 bridgehead atoms. The fourth-order valence-electron chi connectivity index (χ4n) is 4.25. The van der Waals surface area contributed by atoms with Gasteiger partial charge in [-0.05, 0) is 38.7 Å². The highest BCUT2D eigenvalue weighted by Crippen LogP contribution is 2.54. The first-order valence-electron chi connectivity index (χ1n) is 8.99. The first-order valence-corrected chi connectivity index (χ1v) is 8.99. The Morgan fingerprint density at radius 1 is 1.29 bits per heavy atom. The Morgan fingerprint density at radius 3 is 2.67 bits per heavy atom. The number of unbranched alkanes of at least 4 members (excludes halogenated alkanes) is 1. The number of ketones is 1. The average Bonchev–Trinajstić information content (AvgIpc) is 2.70. The zero-order valence-corrected chi connectivity index (χ0v) is 14.9. The predicted octanol–water partition coefficient (Wildman–Crippen LogP) is 3.40. The van der Waals surface area contributed by atoms with E-state index in [0.29, 0.717) is 19.4 Å². The summed E-state index contributed by atoms with van der Waals surface area (Å²) in [5.41, 5.74) is -2.25. The van der Waals surface area contributed by atoms with Crippen LogP contribution in [-0.4, -0.2) is 33.8 Å². The number of hydrogen-bond acceptors (Lipinski definition) is 4. The molecule has 132 valence electrons. The van der Waals surface area contributed by atoms with E-state index in [4.69, 9.17) is 9.47 Å². The highest BCUT2D eigenvalue weighted by Gasteiger charge is 2.71. The van der Waals surface area contributed by atoms with Crippen LogP contribution in [0.3, 0.4) is 0 Å². The summed E-state index contributed by atoms with van der Waals surface area (Å²) >= 11 is 0. The van der Waals surface area contributed by atoms with Gasteiger partial charge in [0.2, 0.25) is 0 Å². The lowest BCUT2D eigenvalue weighted by molar-refractivity contribution is -0.236. The zero-order valence-electron chi connectivity index (χ0n) is 14.9. The van der Waals surface area contributed by atoms with Crippen molar-refractivity contribution in [2.45, 2.75) is 82.4 Å². The molecule has 0 aromatic heterocycles. The van der Waals surface area contributed by atoms with Crippen molar-refractivity contribution in [3.05, 3.63) is 35.9 Å². The molecule has 2 aliphatic rings. The lowest BCUT2D eigenvalue weighted by Crippen LogP contribution is -2.59. The van der Waals surface area contributed by atoms with Crippen LogP contribution in [0.4, 0.5) is 0 Å². The van der Waals surface area contributed by atoms with Gasteiger partial charge in [-0.2, -0.15) is 0 Å². The molecule has 2 fully saturated rings. The average molecular weight is 332 g/mol. The summed E-state index contributed by atoms with van der Waals surface area (Å²) in [4.78, 5) is 12.9. The molecule has 2 heterocycles. The van der Waals surface area contributed by atoms with Crippen molar-refractivity contribution >= 4 is 5.78 Å². The summed E-state index contributed by atoms with van der Waals surface area (Å²) in [6.07, 6.45) is 3.18. The van der Waals surface area contributed by atoms with Crippen LogP contribution >= 0.6 is 0 Å². The molecule has 0 unspecified atom stereocenters. The highest BCUT2D eigenvalue weighted by molar-refractivity contribution is 5.98. The molecule has 1 aromatic carbocycles. The molecule has 2 aliphatic heterocycles. The molecule has 4 heteroatoms. The normalized spacial score (nSPS) is 38.5. The maximum atomic E-state index is 12.9. The van der Waals surface area contributed by atoms with Crippen LogP contribution < -0.4 is 0 Å². The Labute approximate surface area is 144 Å². The molecule has 0 saturated carbocycles. The zero-order chi connectivity index (χ0) is 17.4. The lowest BCUT2D eigenvalue weighted by atomic mass is 9.76. The standard InChI is InChI=1S/C20H28O4/c1-4-5-12-20(22)17(21)18(2)13-11-16(19(20,3)24-18)23-14-15-9-7-6-8-10-15/h6-10,16,22H,4-5,11-14H2,1-3H3/t16-,18+,19-,20-/m1/s1. The van der Waals surface area contributed by atoms with Crippen LogP contribution in [0.5, 0.6) is 0 Å². The van der Waals surface area contributed by atoms with Gasteiger partial charge in [-0.3, -0.25) is 4.79 Å². The number of hydrogen-bond donors (Lipinski definition) is 1. The van der Waals surface area contributed by atoms with Crippen LogP contribution in [0, 0.1) is 0 Å². The molecule has 0 spiro atoms. The quantitative estimate of drug-likeness (QED) is 0.867. The molecule has 2 saturated heterocycles. The van der Waals surface area contributed by atoms with Gasteiger partial charge in [0.05, 0.1) is 12.7 Å². The molecule has 0 aliphatic carbocycles. The van der Waals surface area contributed by atoms with Crippen LogP contribution in [0.1, 0.15) is 58.4 Å². The van der Waals surface area contributed by atoms with Crippen molar-refractivity contribution in [1.29, 1.82) is 0 Å². The van der Waals surface area contributed by atoms with Crippen LogP contribution in [0.2, 0.25) is 0 Å². The van der Waals surface area contributed by atoms with Gasteiger partial charge in [-0.25, -0.2) is 0 Å². The highest BCUT2D eigenvalue weighted by atomic mass is 16.6. The maximum absolute atomic E-state index is 12.9. The van der Waals surface area contributed by atoms with Crippen LogP contribution in [-0.2, 0) is 20.9 Å². The molecular formula is C20H28O4. The third-order valence-corrected chi connectivity index (χ3v) is 5.80. The third-order valence-electron chi connectivity index (χ3n) is 5.80. The van der Waals surface area contributed by atoms with E-state index >= 15 is 0 Å². The van der Waals surface area contributed by atoms with E-state index < -0.39 is 16.8 Å². The summed E-state index contributed by atoms with van der Waals surface area (Å²) in [7, 11) is 0. The van der Waals surface area contributed by atoms with E-state index in [1.807, 2.05) is 44.2 Å². The van der Waals surface area contributed by atoms with Crippen molar-refractivity contribution in [3.63, 3.8) is 0 Å². The number of carbonyl (C=O) groups is 1. The van der Waals surface area contributed by atoms with Crippen LogP contribution in [0.15, 0.2) is 30.3 Å². The molecule has 0 radical (unpaired) electrons. The van der Waals surface area contributed by atoms with Crippen molar-refractivity contribution in [3.8, 4) is 0 Å². The minimum absolute atomic E-state index is 0.170. The number of Topliss-reactive ketones (excluding diaryl/α,β-unsaturated/α-hetero) is 1. The third kappa shape index (κ3) is 2.61. The number of fused-ring (bicyclic) bond motifs is 2. The molecule has 24 heavy (non-hydrogen) atoms. The maximum Gasteiger partial charge on any atom is 0.198 e. The van der Waals surface area contributed by atoms with Gasteiger partial charge in [0.15, 0.2) is 11.4 Å². The van der Waals surface area contributed by atoms with Gasteiger partial charge in [0.1, 0.15) is 11.2 Å². The van der Waals surface area contributed by atoms with E-state index in [1.165, 1.54) is 0 Å². The van der Waals surface area contributed by atoms with Gasteiger partial charge >= 0.3 is 0 Å². The molecular weight excluding hydrogens is 304 g/mol. The second kappa shape index (κ2) is 6.25. The minimum atomic E-state index is -1.46. The van der Waals surface area contributed by atoms with E-state index in [1.54, 1.807) is 0 Å². The van der Waals surface area contributed by atoms with Gasteiger partial charge in [-0.15, -0.1) is 0 Å². The first-order chi connectivity index (χ1) is 11.4. The fraction of sp³-hybridized carbons (Fsp3) is 0.650. The molecule has 4 nitrogen and oxygen atoms in total. The number of ether oxygens (including phenoxy) is 2. The van der Waals surface area contributed by atoms with Gasteiger partial charge in [-0.1, -0.05) is 50.1 Å². The van der Waals surface area contributed by atoms with Crippen molar-refractivity contribution in [1.82, 2.24) is 0 Å². The topological polar surface area (TPSA) is 55.8 Å². The SMILES string of the molecule is CCCC[C@@]1(O)C(=O)[C@]2(C)CC[C@@H](OCc3ccccc3)[C@@]1(C)O2. The predicted molar refractivity (Wildman–Crippen MR) is 91.6 cm³/mol.